The number of azo groups is 1. The lowest BCUT2D eigenvalue weighted by molar-refractivity contribution is 0.122. The number of ether oxygens (including phenoxy) is 1. The minimum atomic E-state index is -0.423. The molecule has 0 saturated carbocycles. The van der Waals surface area contributed by atoms with Crippen LogP contribution in [0.25, 0.3) is 21.1 Å². The SMILES string of the molecule is Oc1[nH]c2ccc(F)cc2c1N=Nc1nc(N2CCOCC2)c2sccc2n1. The molecule has 2 N–H and O–H groups in total. The van der Waals surface area contributed by atoms with Gasteiger partial charge in [0, 0.05) is 18.5 Å². The number of nitrogens with one attached hydrogen (secondary N) is 1. The Morgan fingerprint density at radius 3 is 2.89 bits per heavy atom. The van der Waals surface area contributed by atoms with Crippen molar-refractivity contribution in [2.45, 2.75) is 0 Å². The van der Waals surface area contributed by atoms with Crippen LogP contribution in [0.4, 0.5) is 21.8 Å². The van der Waals surface area contributed by atoms with Crippen molar-refractivity contribution in [2.75, 3.05) is 31.2 Å². The molecular formula is C18H15FN6O2S. The maximum Gasteiger partial charge on any atom is 0.271 e. The molecule has 142 valence electrons. The van der Waals surface area contributed by atoms with E-state index in [9.17, 15) is 9.50 Å². The van der Waals surface area contributed by atoms with E-state index in [0.717, 1.165) is 29.1 Å². The van der Waals surface area contributed by atoms with E-state index in [2.05, 4.69) is 30.1 Å². The molecule has 4 heterocycles. The first-order valence-electron chi connectivity index (χ1n) is 8.69. The second-order valence-corrected chi connectivity index (χ2v) is 7.21. The molecule has 10 heteroatoms. The van der Waals surface area contributed by atoms with Gasteiger partial charge in [0.2, 0.25) is 5.88 Å². The van der Waals surface area contributed by atoms with Crippen LogP contribution in [-0.2, 0) is 4.74 Å². The minimum Gasteiger partial charge on any atom is -0.493 e. The van der Waals surface area contributed by atoms with Crippen LogP contribution in [0, 0.1) is 5.82 Å². The van der Waals surface area contributed by atoms with Gasteiger partial charge in [-0.05, 0) is 29.6 Å². The summed E-state index contributed by atoms with van der Waals surface area (Å²) in [7, 11) is 0. The molecule has 0 amide bonds. The van der Waals surface area contributed by atoms with Crippen molar-refractivity contribution in [3.8, 4) is 5.88 Å². The van der Waals surface area contributed by atoms with Crippen LogP contribution < -0.4 is 4.90 Å². The number of aromatic amines is 1. The predicted octanol–water partition coefficient (Wildman–Crippen LogP) is 4.27. The van der Waals surface area contributed by atoms with Gasteiger partial charge >= 0.3 is 0 Å². The predicted molar refractivity (Wildman–Crippen MR) is 105 cm³/mol. The smallest absolute Gasteiger partial charge is 0.271 e. The normalized spacial score (nSPS) is 15.2. The lowest BCUT2D eigenvalue weighted by atomic mass is 10.2. The summed E-state index contributed by atoms with van der Waals surface area (Å²) in [5, 5.41) is 20.7. The Kier molecular flexibility index (Phi) is 4.14. The van der Waals surface area contributed by atoms with Crippen LogP contribution >= 0.6 is 11.3 Å². The van der Waals surface area contributed by atoms with Gasteiger partial charge in [-0.1, -0.05) is 0 Å². The molecule has 0 radical (unpaired) electrons. The number of halogens is 1. The first-order chi connectivity index (χ1) is 13.7. The molecule has 3 aromatic heterocycles. The molecule has 4 aromatic rings. The lowest BCUT2D eigenvalue weighted by Crippen LogP contribution is -2.36. The third-order valence-corrected chi connectivity index (χ3v) is 5.44. The fraction of sp³-hybridized carbons (Fsp3) is 0.222. The zero-order valence-corrected chi connectivity index (χ0v) is 15.4. The maximum absolute atomic E-state index is 13.6. The summed E-state index contributed by atoms with van der Waals surface area (Å²) in [4.78, 5) is 13.9. The van der Waals surface area contributed by atoms with Crippen LogP contribution in [0.5, 0.6) is 5.88 Å². The number of nitrogens with zero attached hydrogens (tertiary/aromatic N) is 5. The molecule has 0 aliphatic carbocycles. The van der Waals surface area contributed by atoms with Crippen LogP contribution in [0.15, 0.2) is 39.9 Å². The number of rotatable bonds is 3. The Balaban J connectivity index is 1.57. The highest BCUT2D eigenvalue weighted by Gasteiger charge is 2.18. The summed E-state index contributed by atoms with van der Waals surface area (Å²) in [6, 6.07) is 6.04. The average Bonchev–Trinajstić information content (AvgIpc) is 3.30. The van der Waals surface area contributed by atoms with E-state index in [-0.39, 0.29) is 17.5 Å². The topological polar surface area (TPSA) is 99.0 Å². The summed E-state index contributed by atoms with van der Waals surface area (Å²) in [5.41, 5.74) is 1.50. The largest absolute Gasteiger partial charge is 0.493 e. The number of benzene rings is 1. The van der Waals surface area contributed by atoms with Crippen molar-refractivity contribution in [2.24, 2.45) is 10.2 Å². The van der Waals surface area contributed by atoms with Gasteiger partial charge < -0.3 is 19.7 Å². The number of hydrogen-bond donors (Lipinski definition) is 2. The fourth-order valence-corrected chi connectivity index (χ4v) is 4.05. The molecule has 0 unspecified atom stereocenters. The number of aromatic nitrogens is 3. The number of aromatic hydroxyl groups is 1. The summed E-state index contributed by atoms with van der Waals surface area (Å²) in [5.74, 6) is 0.367. The molecule has 1 aliphatic heterocycles. The number of thiophene rings is 1. The molecule has 28 heavy (non-hydrogen) atoms. The van der Waals surface area contributed by atoms with Crippen LogP contribution in [-0.4, -0.2) is 46.4 Å². The van der Waals surface area contributed by atoms with Crippen LogP contribution in [0.1, 0.15) is 0 Å². The molecule has 0 spiro atoms. The third-order valence-electron chi connectivity index (χ3n) is 4.54. The maximum atomic E-state index is 13.6. The Labute approximate surface area is 162 Å². The Morgan fingerprint density at radius 1 is 1.18 bits per heavy atom. The van der Waals surface area contributed by atoms with E-state index in [1.54, 1.807) is 11.3 Å². The summed E-state index contributed by atoms with van der Waals surface area (Å²) in [6.45, 7) is 2.76. The number of fused-ring (bicyclic) bond motifs is 2. The molecule has 5 rings (SSSR count). The summed E-state index contributed by atoms with van der Waals surface area (Å²) < 4.78 is 20.0. The highest BCUT2D eigenvalue weighted by molar-refractivity contribution is 7.17. The first kappa shape index (κ1) is 17.0. The van der Waals surface area contributed by atoms with Gasteiger partial charge in [-0.2, -0.15) is 4.98 Å². The van der Waals surface area contributed by atoms with Gasteiger partial charge in [-0.25, -0.2) is 9.37 Å². The molecule has 1 saturated heterocycles. The van der Waals surface area contributed by atoms with E-state index < -0.39 is 5.82 Å². The zero-order chi connectivity index (χ0) is 19.1. The number of anilines is 1. The van der Waals surface area contributed by atoms with E-state index >= 15 is 0 Å². The Bertz CT molecular complexity index is 1200. The average molecular weight is 398 g/mol. The molecule has 1 aliphatic rings. The quantitative estimate of drug-likeness (QED) is 0.502. The second kappa shape index (κ2) is 6.80. The molecular weight excluding hydrogens is 383 g/mol. The molecule has 1 aromatic carbocycles. The Morgan fingerprint density at radius 2 is 2.04 bits per heavy atom. The summed E-state index contributed by atoms with van der Waals surface area (Å²) in [6.07, 6.45) is 0. The lowest BCUT2D eigenvalue weighted by Gasteiger charge is -2.28. The van der Waals surface area contributed by atoms with Gasteiger partial charge in [0.05, 0.1) is 28.9 Å². The van der Waals surface area contributed by atoms with Crippen molar-refractivity contribution in [3.63, 3.8) is 0 Å². The number of morpholine rings is 1. The van der Waals surface area contributed by atoms with Crippen molar-refractivity contribution < 1.29 is 14.2 Å². The Hall–Kier alpha value is -3.11. The fourth-order valence-electron chi connectivity index (χ4n) is 3.20. The number of hydrogen-bond acceptors (Lipinski definition) is 8. The van der Waals surface area contributed by atoms with Gasteiger partial charge in [-0.3, -0.25) is 0 Å². The highest BCUT2D eigenvalue weighted by Crippen LogP contribution is 2.37. The first-order valence-corrected chi connectivity index (χ1v) is 9.57. The van der Waals surface area contributed by atoms with Gasteiger partial charge in [0.25, 0.3) is 5.95 Å². The van der Waals surface area contributed by atoms with Crippen molar-refractivity contribution in [1.29, 1.82) is 0 Å². The van der Waals surface area contributed by atoms with Gasteiger partial charge in [0.15, 0.2) is 11.5 Å². The van der Waals surface area contributed by atoms with E-state index in [1.165, 1.54) is 18.2 Å². The molecule has 8 nitrogen and oxygen atoms in total. The standard InChI is InChI=1S/C18H15FN6O2S/c19-10-1-2-12-11(9-10)14(17(26)20-12)23-24-18-21-13-3-8-28-15(13)16(22-18)25-4-6-27-7-5-25/h1-3,8-9,20,26H,4-7H2. The van der Waals surface area contributed by atoms with Crippen molar-refractivity contribution in [3.05, 3.63) is 35.5 Å². The summed E-state index contributed by atoms with van der Waals surface area (Å²) >= 11 is 1.57. The van der Waals surface area contributed by atoms with Crippen molar-refractivity contribution in [1.82, 2.24) is 15.0 Å². The van der Waals surface area contributed by atoms with E-state index in [1.807, 2.05) is 11.4 Å². The zero-order valence-electron chi connectivity index (χ0n) is 14.6. The molecule has 1 fully saturated rings. The van der Waals surface area contributed by atoms with Crippen LogP contribution in [0.2, 0.25) is 0 Å². The monoisotopic (exact) mass is 398 g/mol. The van der Waals surface area contributed by atoms with Gasteiger partial charge in [0.1, 0.15) is 5.82 Å². The van der Waals surface area contributed by atoms with Gasteiger partial charge in [-0.15, -0.1) is 21.6 Å². The van der Waals surface area contributed by atoms with E-state index in [4.69, 9.17) is 4.74 Å². The third kappa shape index (κ3) is 2.96. The van der Waals surface area contributed by atoms with Crippen molar-refractivity contribution >= 4 is 49.9 Å². The second-order valence-electron chi connectivity index (χ2n) is 6.29. The molecule has 0 bridgehead atoms. The van der Waals surface area contributed by atoms with E-state index in [0.29, 0.717) is 24.1 Å². The molecule has 0 atom stereocenters. The van der Waals surface area contributed by atoms with Crippen LogP contribution in [0.3, 0.4) is 0 Å². The highest BCUT2D eigenvalue weighted by atomic mass is 32.1. The number of H-pyrrole nitrogens is 1. The minimum absolute atomic E-state index is 0.149.